The van der Waals surface area contributed by atoms with Crippen molar-refractivity contribution in [1.29, 1.82) is 0 Å². The van der Waals surface area contributed by atoms with Crippen LogP contribution < -0.4 is 0 Å². The van der Waals surface area contributed by atoms with Crippen molar-refractivity contribution in [2.45, 2.75) is 77.0 Å². The first kappa shape index (κ1) is 11.1. The lowest BCUT2D eigenvalue weighted by molar-refractivity contribution is 0.123. The SMILES string of the molecule is C1CCC(CC(CC2CCC2)C2CCC2)C1. The zero-order chi connectivity index (χ0) is 10.8. The van der Waals surface area contributed by atoms with Crippen LogP contribution >= 0.6 is 0 Å². The fraction of sp³-hybridized carbons (Fsp3) is 1.00. The van der Waals surface area contributed by atoms with E-state index in [1.54, 1.807) is 51.4 Å². The van der Waals surface area contributed by atoms with Gasteiger partial charge in [-0.05, 0) is 36.5 Å². The molecule has 0 aliphatic heterocycles. The molecule has 0 heterocycles. The maximum absolute atomic E-state index is 1.61. The largest absolute Gasteiger partial charge is 0.0530 e. The lowest BCUT2D eigenvalue weighted by Crippen LogP contribution is -2.27. The molecule has 0 nitrogen and oxygen atoms in total. The van der Waals surface area contributed by atoms with Gasteiger partial charge in [-0.2, -0.15) is 0 Å². The van der Waals surface area contributed by atoms with Crippen molar-refractivity contribution in [2.75, 3.05) is 0 Å². The van der Waals surface area contributed by atoms with E-state index in [9.17, 15) is 0 Å². The molecule has 16 heavy (non-hydrogen) atoms. The van der Waals surface area contributed by atoms with Gasteiger partial charge in [0.25, 0.3) is 0 Å². The topological polar surface area (TPSA) is 0 Å². The summed E-state index contributed by atoms with van der Waals surface area (Å²) in [6.45, 7) is 0. The molecule has 0 heteroatoms. The van der Waals surface area contributed by atoms with Crippen molar-refractivity contribution in [3.63, 3.8) is 0 Å². The van der Waals surface area contributed by atoms with Crippen molar-refractivity contribution in [1.82, 2.24) is 0 Å². The molecule has 3 rings (SSSR count). The highest BCUT2D eigenvalue weighted by atomic mass is 14.4. The molecule has 3 saturated carbocycles. The summed E-state index contributed by atoms with van der Waals surface area (Å²) >= 11 is 0. The van der Waals surface area contributed by atoms with Crippen LogP contribution in [0.2, 0.25) is 0 Å². The maximum atomic E-state index is 1.61. The summed E-state index contributed by atoms with van der Waals surface area (Å²) in [6.07, 6.45) is 18.8. The van der Waals surface area contributed by atoms with E-state index in [1.807, 2.05) is 0 Å². The average molecular weight is 220 g/mol. The molecular formula is C16H28. The first-order chi connectivity index (χ1) is 7.92. The van der Waals surface area contributed by atoms with Crippen molar-refractivity contribution < 1.29 is 0 Å². The molecule has 0 radical (unpaired) electrons. The molecule has 0 aromatic carbocycles. The van der Waals surface area contributed by atoms with E-state index in [0.717, 1.165) is 23.7 Å². The third-order valence-corrected chi connectivity index (χ3v) is 5.79. The summed E-state index contributed by atoms with van der Waals surface area (Å²) in [5.41, 5.74) is 0. The Kier molecular flexibility index (Phi) is 3.54. The van der Waals surface area contributed by atoms with Crippen LogP contribution in [0.5, 0.6) is 0 Å². The summed E-state index contributed by atoms with van der Waals surface area (Å²) in [4.78, 5) is 0. The minimum atomic E-state index is 1.13. The van der Waals surface area contributed by atoms with Crippen molar-refractivity contribution in [3.8, 4) is 0 Å². The Balaban J connectivity index is 1.50. The van der Waals surface area contributed by atoms with E-state index in [0.29, 0.717) is 0 Å². The summed E-state index contributed by atoms with van der Waals surface area (Å²) in [6, 6.07) is 0. The monoisotopic (exact) mass is 220 g/mol. The second-order valence-electron chi connectivity index (χ2n) is 6.87. The zero-order valence-corrected chi connectivity index (χ0v) is 10.8. The first-order valence-electron chi connectivity index (χ1n) is 7.92. The average Bonchev–Trinajstić information content (AvgIpc) is 2.60. The Morgan fingerprint density at radius 3 is 1.50 bits per heavy atom. The van der Waals surface area contributed by atoms with Gasteiger partial charge in [0.2, 0.25) is 0 Å². The molecule has 0 bridgehead atoms. The highest BCUT2D eigenvalue weighted by Gasteiger charge is 2.33. The van der Waals surface area contributed by atoms with Crippen molar-refractivity contribution in [3.05, 3.63) is 0 Å². The second-order valence-corrected chi connectivity index (χ2v) is 6.87. The van der Waals surface area contributed by atoms with Crippen LogP contribution in [-0.4, -0.2) is 0 Å². The van der Waals surface area contributed by atoms with E-state index < -0.39 is 0 Å². The van der Waals surface area contributed by atoms with Gasteiger partial charge in [0.05, 0.1) is 0 Å². The van der Waals surface area contributed by atoms with Gasteiger partial charge in [0, 0.05) is 0 Å². The molecule has 92 valence electrons. The van der Waals surface area contributed by atoms with Crippen molar-refractivity contribution in [2.24, 2.45) is 23.7 Å². The molecule has 0 N–H and O–H groups in total. The minimum Gasteiger partial charge on any atom is -0.0530 e. The number of hydrogen-bond donors (Lipinski definition) is 0. The van der Waals surface area contributed by atoms with Crippen LogP contribution in [0.4, 0.5) is 0 Å². The second kappa shape index (κ2) is 5.10. The predicted octanol–water partition coefficient (Wildman–Crippen LogP) is 5.17. The van der Waals surface area contributed by atoms with E-state index in [2.05, 4.69) is 0 Å². The Bertz CT molecular complexity index is 206. The zero-order valence-electron chi connectivity index (χ0n) is 10.8. The van der Waals surface area contributed by atoms with Crippen LogP contribution in [0, 0.1) is 23.7 Å². The number of rotatable bonds is 5. The maximum Gasteiger partial charge on any atom is -0.0381 e. The Hall–Kier alpha value is 0. The van der Waals surface area contributed by atoms with Gasteiger partial charge >= 0.3 is 0 Å². The summed E-state index contributed by atoms with van der Waals surface area (Å²) < 4.78 is 0. The smallest absolute Gasteiger partial charge is 0.0381 e. The van der Waals surface area contributed by atoms with E-state index in [1.165, 1.54) is 25.7 Å². The molecule has 0 aromatic heterocycles. The first-order valence-corrected chi connectivity index (χ1v) is 7.92. The molecule has 3 aliphatic rings. The quantitative estimate of drug-likeness (QED) is 0.599. The molecule has 1 atom stereocenters. The number of hydrogen-bond acceptors (Lipinski definition) is 0. The van der Waals surface area contributed by atoms with Crippen LogP contribution in [0.15, 0.2) is 0 Å². The lowest BCUT2D eigenvalue weighted by atomic mass is 9.67. The summed E-state index contributed by atoms with van der Waals surface area (Å²) in [5, 5.41) is 0. The fourth-order valence-electron chi connectivity index (χ4n) is 4.22. The molecule has 3 fully saturated rings. The third kappa shape index (κ3) is 2.46. The van der Waals surface area contributed by atoms with E-state index in [4.69, 9.17) is 0 Å². The predicted molar refractivity (Wildman–Crippen MR) is 69.4 cm³/mol. The highest BCUT2D eigenvalue weighted by molar-refractivity contribution is 4.84. The Labute approximate surface area is 101 Å². The third-order valence-electron chi connectivity index (χ3n) is 5.79. The van der Waals surface area contributed by atoms with E-state index >= 15 is 0 Å². The highest BCUT2D eigenvalue weighted by Crippen LogP contribution is 2.45. The van der Waals surface area contributed by atoms with Crippen LogP contribution in [0.1, 0.15) is 77.0 Å². The molecule has 0 aromatic rings. The molecule has 1 unspecified atom stereocenters. The summed E-state index contributed by atoms with van der Waals surface area (Å²) in [5.74, 6) is 4.57. The molecule has 3 aliphatic carbocycles. The van der Waals surface area contributed by atoms with Gasteiger partial charge in [-0.15, -0.1) is 0 Å². The van der Waals surface area contributed by atoms with Gasteiger partial charge in [0.15, 0.2) is 0 Å². The van der Waals surface area contributed by atoms with Gasteiger partial charge in [-0.25, -0.2) is 0 Å². The van der Waals surface area contributed by atoms with Gasteiger partial charge in [-0.1, -0.05) is 64.2 Å². The van der Waals surface area contributed by atoms with Crippen LogP contribution in [0.3, 0.4) is 0 Å². The molecule has 0 spiro atoms. The van der Waals surface area contributed by atoms with Crippen LogP contribution in [0.25, 0.3) is 0 Å². The van der Waals surface area contributed by atoms with Gasteiger partial charge < -0.3 is 0 Å². The van der Waals surface area contributed by atoms with E-state index in [-0.39, 0.29) is 0 Å². The van der Waals surface area contributed by atoms with Crippen LogP contribution in [-0.2, 0) is 0 Å². The standard InChI is InChI=1S/C16H28/c1-2-6-13(5-1)11-16(15-9-4-10-15)12-14-7-3-8-14/h13-16H,1-12H2. The Morgan fingerprint density at radius 1 is 0.625 bits per heavy atom. The molecule has 0 saturated heterocycles. The normalized spacial score (nSPS) is 30.0. The molecular weight excluding hydrogens is 192 g/mol. The minimum absolute atomic E-state index is 1.13. The molecule has 0 amide bonds. The summed E-state index contributed by atoms with van der Waals surface area (Å²) in [7, 11) is 0. The van der Waals surface area contributed by atoms with Gasteiger partial charge in [0.1, 0.15) is 0 Å². The van der Waals surface area contributed by atoms with Gasteiger partial charge in [-0.3, -0.25) is 0 Å². The Morgan fingerprint density at radius 2 is 1.12 bits per heavy atom. The lowest BCUT2D eigenvalue weighted by Gasteiger charge is -2.39. The van der Waals surface area contributed by atoms with Crippen molar-refractivity contribution >= 4 is 0 Å². The fourth-order valence-corrected chi connectivity index (χ4v) is 4.22.